The lowest BCUT2D eigenvalue weighted by molar-refractivity contribution is -0.143. The van der Waals surface area contributed by atoms with Gasteiger partial charge in [0.1, 0.15) is 17.4 Å². The summed E-state index contributed by atoms with van der Waals surface area (Å²) in [5.41, 5.74) is -0.229. The molecule has 0 saturated carbocycles. The molecule has 3 amide bonds. The number of terminal acetylenes is 1. The molecule has 2 atom stereocenters. The summed E-state index contributed by atoms with van der Waals surface area (Å²) < 4.78 is 10.2. The van der Waals surface area contributed by atoms with Crippen LogP contribution in [0.1, 0.15) is 71.6 Å². The van der Waals surface area contributed by atoms with E-state index >= 15 is 0 Å². The van der Waals surface area contributed by atoms with Crippen LogP contribution in [-0.4, -0.2) is 58.7 Å². The Labute approximate surface area is 219 Å². The Balaban J connectivity index is 3.38. The Bertz CT molecular complexity index is 1010. The van der Waals surface area contributed by atoms with Crippen LogP contribution in [-0.2, 0) is 23.9 Å². The highest BCUT2D eigenvalue weighted by molar-refractivity contribution is 5.93. The van der Waals surface area contributed by atoms with Crippen LogP contribution >= 0.6 is 0 Å². The van der Waals surface area contributed by atoms with Crippen molar-refractivity contribution in [3.8, 4) is 18.2 Å². The number of nitrogens with zero attached hydrogens (tertiary/aromatic N) is 1. The molecule has 204 valence electrons. The van der Waals surface area contributed by atoms with Crippen molar-refractivity contribution in [2.45, 2.75) is 79.0 Å². The van der Waals surface area contributed by atoms with Crippen molar-refractivity contribution in [2.24, 2.45) is 5.92 Å². The third-order valence-corrected chi connectivity index (χ3v) is 5.08. The molecule has 0 radical (unpaired) electrons. The van der Waals surface area contributed by atoms with Gasteiger partial charge in [-0.2, -0.15) is 0 Å². The number of aryl methyl sites for hydroxylation is 1. The van der Waals surface area contributed by atoms with Crippen molar-refractivity contribution in [3.05, 3.63) is 29.3 Å². The molecular formula is C27H39N3O7. The lowest BCUT2D eigenvalue weighted by Crippen LogP contribution is -2.52. The quantitative estimate of drug-likeness (QED) is 0.233. The number of rotatable bonds is 11. The number of carbonyl (C=O) groups is 4. The van der Waals surface area contributed by atoms with Crippen LogP contribution in [0.2, 0.25) is 0 Å². The first-order chi connectivity index (χ1) is 17.2. The third kappa shape index (κ3) is 10.0. The first kappa shape index (κ1) is 31.3. The van der Waals surface area contributed by atoms with E-state index in [9.17, 15) is 24.3 Å². The molecule has 0 aliphatic heterocycles. The molecule has 3 N–H and O–H groups in total. The van der Waals surface area contributed by atoms with Crippen molar-refractivity contribution in [3.63, 3.8) is 0 Å². The van der Waals surface area contributed by atoms with Gasteiger partial charge in [0.25, 0.3) is 5.91 Å². The Kier molecular flexibility index (Phi) is 11.9. The van der Waals surface area contributed by atoms with Gasteiger partial charge in [-0.3, -0.25) is 19.3 Å². The van der Waals surface area contributed by atoms with Crippen LogP contribution in [0.4, 0.5) is 4.79 Å². The van der Waals surface area contributed by atoms with Crippen LogP contribution in [0.15, 0.2) is 18.2 Å². The van der Waals surface area contributed by atoms with Crippen molar-refractivity contribution >= 4 is 23.9 Å². The number of phenols is 1. The van der Waals surface area contributed by atoms with E-state index in [1.807, 2.05) is 13.8 Å². The standard InChI is InChI=1S/C27H39N3O7/c1-9-30(25(34)20(16-17(3)4)29-26(35)37-27(6,7)8)22(19-13-11-12-18(5)23(19)32)24(33)28-15-14-21(31)36-10-2/h1,11-13,17,20,22,32H,10,14-16H2,2-8H3,(H,28,33)(H,29,35). The van der Waals surface area contributed by atoms with Crippen molar-refractivity contribution < 1.29 is 33.8 Å². The minimum atomic E-state index is -1.44. The number of carbonyl (C=O) groups excluding carboxylic acids is 4. The molecule has 0 saturated heterocycles. The predicted molar refractivity (Wildman–Crippen MR) is 138 cm³/mol. The van der Waals surface area contributed by atoms with Gasteiger partial charge in [0.15, 0.2) is 6.04 Å². The van der Waals surface area contributed by atoms with Gasteiger partial charge in [-0.15, -0.1) is 0 Å². The second kappa shape index (κ2) is 14.1. The van der Waals surface area contributed by atoms with E-state index in [2.05, 4.69) is 16.7 Å². The number of alkyl carbamates (subject to hydrolysis) is 1. The summed E-state index contributed by atoms with van der Waals surface area (Å²) in [5.74, 6) is -2.17. The summed E-state index contributed by atoms with van der Waals surface area (Å²) in [6.45, 7) is 12.2. The fourth-order valence-corrected chi connectivity index (χ4v) is 3.49. The van der Waals surface area contributed by atoms with E-state index in [4.69, 9.17) is 15.9 Å². The number of para-hydroxylation sites is 1. The summed E-state index contributed by atoms with van der Waals surface area (Å²) in [4.78, 5) is 52.0. The smallest absolute Gasteiger partial charge is 0.408 e. The number of benzene rings is 1. The molecule has 0 aliphatic carbocycles. The van der Waals surface area contributed by atoms with E-state index < -0.39 is 41.6 Å². The predicted octanol–water partition coefficient (Wildman–Crippen LogP) is 3.17. The maximum Gasteiger partial charge on any atom is 0.408 e. The Morgan fingerprint density at radius 2 is 1.84 bits per heavy atom. The van der Waals surface area contributed by atoms with Crippen molar-refractivity contribution in [1.82, 2.24) is 15.5 Å². The zero-order chi connectivity index (χ0) is 28.3. The molecule has 10 nitrogen and oxygen atoms in total. The number of aromatic hydroxyl groups is 1. The molecule has 2 unspecified atom stereocenters. The molecule has 0 bridgehead atoms. The van der Waals surface area contributed by atoms with Crippen LogP contribution in [0.25, 0.3) is 0 Å². The molecule has 1 aromatic rings. The summed E-state index contributed by atoms with van der Waals surface area (Å²) in [5, 5.41) is 15.9. The molecule has 0 spiro atoms. The third-order valence-electron chi connectivity index (χ3n) is 5.08. The number of ether oxygens (including phenoxy) is 2. The molecule has 37 heavy (non-hydrogen) atoms. The van der Waals surface area contributed by atoms with Gasteiger partial charge >= 0.3 is 12.1 Å². The lowest BCUT2D eigenvalue weighted by Gasteiger charge is -2.31. The molecule has 1 rings (SSSR count). The van der Waals surface area contributed by atoms with Gasteiger partial charge in [-0.25, -0.2) is 4.79 Å². The first-order valence-corrected chi connectivity index (χ1v) is 12.2. The maximum atomic E-state index is 13.7. The molecule has 10 heteroatoms. The summed E-state index contributed by atoms with van der Waals surface area (Å²) >= 11 is 0. The average molecular weight is 518 g/mol. The second-order valence-electron chi connectivity index (χ2n) is 9.93. The number of hydrogen-bond donors (Lipinski definition) is 3. The zero-order valence-corrected chi connectivity index (χ0v) is 22.7. The molecular weight excluding hydrogens is 478 g/mol. The summed E-state index contributed by atoms with van der Waals surface area (Å²) in [7, 11) is 0. The van der Waals surface area contributed by atoms with Crippen molar-refractivity contribution in [1.29, 1.82) is 0 Å². The molecule has 0 aliphatic rings. The van der Waals surface area contributed by atoms with Crippen LogP contribution < -0.4 is 10.6 Å². The number of nitrogens with one attached hydrogen (secondary N) is 2. The Morgan fingerprint density at radius 3 is 2.38 bits per heavy atom. The molecule has 0 aromatic heterocycles. The van der Waals surface area contributed by atoms with Crippen LogP contribution in [0.3, 0.4) is 0 Å². The first-order valence-electron chi connectivity index (χ1n) is 12.2. The van der Waals surface area contributed by atoms with E-state index in [1.165, 1.54) is 6.07 Å². The van der Waals surface area contributed by atoms with Crippen LogP contribution in [0.5, 0.6) is 5.75 Å². The Morgan fingerprint density at radius 1 is 1.19 bits per heavy atom. The van der Waals surface area contributed by atoms with E-state index in [0.29, 0.717) is 5.56 Å². The molecule has 0 fully saturated rings. The average Bonchev–Trinajstić information content (AvgIpc) is 2.77. The van der Waals surface area contributed by atoms with E-state index in [-0.39, 0.29) is 43.2 Å². The summed E-state index contributed by atoms with van der Waals surface area (Å²) in [6, 6.07) is 4.45. The maximum absolute atomic E-state index is 13.7. The van der Waals surface area contributed by atoms with Crippen molar-refractivity contribution in [2.75, 3.05) is 13.2 Å². The summed E-state index contributed by atoms with van der Waals surface area (Å²) in [6.07, 6.45) is 5.05. The minimum absolute atomic E-state index is 0.0206. The minimum Gasteiger partial charge on any atom is -0.507 e. The monoisotopic (exact) mass is 517 g/mol. The Hall–Kier alpha value is -3.74. The normalized spacial score (nSPS) is 12.6. The van der Waals surface area contributed by atoms with E-state index in [0.717, 1.165) is 4.90 Å². The topological polar surface area (TPSA) is 134 Å². The lowest BCUT2D eigenvalue weighted by atomic mass is 9.98. The molecule has 0 heterocycles. The SMILES string of the molecule is C#CN(C(=O)C(CC(C)C)NC(=O)OC(C)(C)C)C(C(=O)NCCC(=O)OCC)c1cccc(C)c1O. The number of phenolic OH excluding ortho intramolecular Hbond substituents is 1. The number of esters is 1. The second-order valence-corrected chi connectivity index (χ2v) is 9.93. The highest BCUT2D eigenvalue weighted by Gasteiger charge is 2.37. The van der Waals surface area contributed by atoms with Gasteiger partial charge in [0.2, 0.25) is 5.91 Å². The highest BCUT2D eigenvalue weighted by Crippen LogP contribution is 2.32. The van der Waals surface area contributed by atoms with Gasteiger partial charge in [-0.05, 0) is 52.5 Å². The van der Waals surface area contributed by atoms with Gasteiger partial charge in [0.05, 0.1) is 13.0 Å². The fraction of sp³-hybridized carbons (Fsp3) is 0.556. The van der Waals surface area contributed by atoms with Gasteiger partial charge < -0.3 is 25.2 Å². The van der Waals surface area contributed by atoms with Gasteiger partial charge in [0, 0.05) is 18.2 Å². The number of amides is 3. The van der Waals surface area contributed by atoms with Crippen LogP contribution in [0, 0.1) is 25.3 Å². The largest absolute Gasteiger partial charge is 0.507 e. The highest BCUT2D eigenvalue weighted by atomic mass is 16.6. The zero-order valence-electron chi connectivity index (χ0n) is 22.7. The van der Waals surface area contributed by atoms with E-state index in [1.54, 1.807) is 46.8 Å². The molecule has 1 aromatic carbocycles. The number of hydrogen-bond acceptors (Lipinski definition) is 7. The van der Waals surface area contributed by atoms with Gasteiger partial charge in [-0.1, -0.05) is 38.5 Å². The fourth-order valence-electron chi connectivity index (χ4n) is 3.49.